The number of hydrogen-bond acceptors (Lipinski definition) is 3. The van der Waals surface area contributed by atoms with Crippen LogP contribution in [0.15, 0.2) is 17.1 Å². The summed E-state index contributed by atoms with van der Waals surface area (Å²) >= 11 is 0. The van der Waals surface area contributed by atoms with Crippen LogP contribution < -0.4 is 16.2 Å². The molecule has 0 radical (unpaired) electrons. The van der Waals surface area contributed by atoms with Gasteiger partial charge in [-0.05, 0) is 50.2 Å². The van der Waals surface area contributed by atoms with Crippen LogP contribution in [0.5, 0.6) is 0 Å². The molecule has 2 heterocycles. The van der Waals surface area contributed by atoms with Crippen molar-refractivity contribution in [3.05, 3.63) is 33.7 Å². The van der Waals surface area contributed by atoms with Crippen LogP contribution >= 0.6 is 0 Å². The van der Waals surface area contributed by atoms with Crippen molar-refractivity contribution in [2.75, 3.05) is 19.6 Å². The van der Waals surface area contributed by atoms with Gasteiger partial charge in [-0.3, -0.25) is 4.79 Å². The van der Waals surface area contributed by atoms with Crippen molar-refractivity contribution in [1.82, 2.24) is 20.5 Å². The summed E-state index contributed by atoms with van der Waals surface area (Å²) in [5.74, 6) is 0.889. The first kappa shape index (κ1) is 18.0. The van der Waals surface area contributed by atoms with Crippen LogP contribution in [0.2, 0.25) is 0 Å². The summed E-state index contributed by atoms with van der Waals surface area (Å²) in [6.07, 6.45) is 9.25. The monoisotopic (exact) mass is 346 g/mol. The van der Waals surface area contributed by atoms with E-state index in [1.54, 1.807) is 12.3 Å². The smallest absolute Gasteiger partial charge is 0.315 e. The topological polar surface area (TPSA) is 77.2 Å². The first-order valence-electron chi connectivity index (χ1n) is 9.55. The van der Waals surface area contributed by atoms with E-state index < -0.39 is 0 Å². The van der Waals surface area contributed by atoms with Crippen molar-refractivity contribution in [1.29, 1.82) is 0 Å². The molecule has 1 saturated carbocycles. The maximum Gasteiger partial charge on any atom is 0.315 e. The number of urea groups is 1. The lowest BCUT2D eigenvalue weighted by atomic mass is 10.0. The highest BCUT2D eigenvalue weighted by molar-refractivity contribution is 5.74. The molecule has 0 aromatic carbocycles. The highest BCUT2D eigenvalue weighted by Crippen LogP contribution is 2.26. The molecule has 0 bridgehead atoms. The third-order valence-corrected chi connectivity index (χ3v) is 5.48. The number of amides is 2. The van der Waals surface area contributed by atoms with Gasteiger partial charge in [0.25, 0.3) is 5.56 Å². The Balaban J connectivity index is 1.37. The number of aromatic amines is 1. The van der Waals surface area contributed by atoms with Crippen LogP contribution in [0.4, 0.5) is 4.79 Å². The Labute approximate surface area is 149 Å². The molecule has 138 valence electrons. The molecule has 2 fully saturated rings. The number of nitrogens with zero attached hydrogens (tertiary/aromatic N) is 1. The van der Waals surface area contributed by atoms with Crippen LogP contribution in [-0.2, 0) is 6.54 Å². The summed E-state index contributed by atoms with van der Waals surface area (Å²) < 4.78 is 0. The van der Waals surface area contributed by atoms with E-state index in [-0.39, 0.29) is 24.2 Å². The first-order valence-corrected chi connectivity index (χ1v) is 9.55. The van der Waals surface area contributed by atoms with Crippen LogP contribution in [0.1, 0.15) is 49.7 Å². The quantitative estimate of drug-likeness (QED) is 0.764. The molecule has 1 aliphatic heterocycles. The largest absolute Gasteiger partial charge is 0.335 e. The van der Waals surface area contributed by atoms with Crippen molar-refractivity contribution in [2.45, 2.75) is 58.0 Å². The second kappa shape index (κ2) is 8.52. The number of aryl methyl sites for hydroxylation is 1. The minimum Gasteiger partial charge on any atom is -0.335 e. The predicted octanol–water partition coefficient (Wildman–Crippen LogP) is 2.14. The van der Waals surface area contributed by atoms with Gasteiger partial charge in [-0.25, -0.2) is 4.79 Å². The zero-order valence-corrected chi connectivity index (χ0v) is 15.1. The van der Waals surface area contributed by atoms with Crippen molar-refractivity contribution >= 4 is 6.03 Å². The number of aromatic nitrogens is 1. The predicted molar refractivity (Wildman–Crippen MR) is 98.6 cm³/mol. The lowest BCUT2D eigenvalue weighted by Gasteiger charge is -2.33. The van der Waals surface area contributed by atoms with E-state index in [4.69, 9.17) is 0 Å². The molecule has 6 heteroatoms. The molecular weight excluding hydrogens is 316 g/mol. The van der Waals surface area contributed by atoms with Gasteiger partial charge in [0, 0.05) is 44.0 Å². The van der Waals surface area contributed by atoms with Gasteiger partial charge in [0.05, 0.1) is 0 Å². The Morgan fingerprint density at radius 2 is 1.96 bits per heavy atom. The SMILES string of the molecule is Cc1c[nH]c(=O)c(CNC(=O)NC2CCN(CC3CCCC3)CC2)c1. The first-order chi connectivity index (χ1) is 12.1. The molecule has 3 N–H and O–H groups in total. The molecular formula is C19H30N4O2. The number of rotatable bonds is 5. The van der Waals surface area contributed by atoms with E-state index in [1.165, 1.54) is 32.2 Å². The summed E-state index contributed by atoms with van der Waals surface area (Å²) in [5.41, 5.74) is 1.42. The molecule has 1 aliphatic carbocycles. The van der Waals surface area contributed by atoms with Crippen molar-refractivity contribution in [3.63, 3.8) is 0 Å². The Bertz CT molecular complexity index is 629. The number of hydrogen-bond donors (Lipinski definition) is 3. The second-order valence-electron chi connectivity index (χ2n) is 7.58. The van der Waals surface area contributed by atoms with Crippen molar-refractivity contribution < 1.29 is 4.79 Å². The average Bonchev–Trinajstić information content (AvgIpc) is 3.10. The molecule has 0 spiro atoms. The summed E-state index contributed by atoms with van der Waals surface area (Å²) in [6.45, 7) is 5.54. The van der Waals surface area contributed by atoms with Gasteiger partial charge in [0.1, 0.15) is 0 Å². The fourth-order valence-corrected chi connectivity index (χ4v) is 4.02. The van der Waals surface area contributed by atoms with E-state index in [0.29, 0.717) is 5.56 Å². The number of likely N-dealkylation sites (tertiary alicyclic amines) is 1. The van der Waals surface area contributed by atoms with Crippen LogP contribution in [0.25, 0.3) is 0 Å². The molecule has 6 nitrogen and oxygen atoms in total. The third kappa shape index (κ3) is 5.33. The standard InChI is InChI=1S/C19H30N4O2/c1-14-10-16(18(24)20-11-14)12-21-19(25)22-17-6-8-23(9-7-17)13-15-4-2-3-5-15/h10-11,15,17H,2-9,12-13H2,1H3,(H,20,24)(H2,21,22,25). The second-order valence-corrected chi connectivity index (χ2v) is 7.58. The van der Waals surface area contributed by atoms with Gasteiger partial charge < -0.3 is 20.5 Å². The zero-order valence-electron chi connectivity index (χ0n) is 15.1. The normalized spacial score (nSPS) is 19.9. The molecule has 1 aromatic rings. The molecule has 3 rings (SSSR count). The number of nitrogens with one attached hydrogen (secondary N) is 3. The van der Waals surface area contributed by atoms with Gasteiger partial charge in [-0.15, -0.1) is 0 Å². The molecule has 25 heavy (non-hydrogen) atoms. The highest BCUT2D eigenvalue weighted by Gasteiger charge is 2.24. The molecule has 0 atom stereocenters. The molecule has 0 unspecified atom stereocenters. The Kier molecular flexibility index (Phi) is 6.13. The van der Waals surface area contributed by atoms with Crippen molar-refractivity contribution in [3.8, 4) is 0 Å². The number of H-pyrrole nitrogens is 1. The lowest BCUT2D eigenvalue weighted by Crippen LogP contribution is -2.48. The van der Waals surface area contributed by atoms with E-state index in [0.717, 1.165) is 37.4 Å². The summed E-state index contributed by atoms with van der Waals surface area (Å²) in [5, 5.41) is 5.85. The van der Waals surface area contributed by atoms with E-state index >= 15 is 0 Å². The average molecular weight is 346 g/mol. The van der Waals surface area contributed by atoms with Crippen LogP contribution in [0.3, 0.4) is 0 Å². The van der Waals surface area contributed by atoms with Crippen LogP contribution in [-0.4, -0.2) is 41.6 Å². The molecule has 1 saturated heterocycles. The number of pyridine rings is 1. The van der Waals surface area contributed by atoms with E-state index in [9.17, 15) is 9.59 Å². The summed E-state index contributed by atoms with van der Waals surface area (Å²) in [7, 11) is 0. The Morgan fingerprint density at radius 1 is 1.24 bits per heavy atom. The number of carbonyl (C=O) groups excluding carboxylic acids is 1. The minimum atomic E-state index is -0.185. The summed E-state index contributed by atoms with van der Waals surface area (Å²) in [6, 6.07) is 1.85. The number of carbonyl (C=O) groups is 1. The highest BCUT2D eigenvalue weighted by atomic mass is 16.2. The molecule has 2 aliphatic rings. The van der Waals surface area contributed by atoms with Gasteiger partial charge >= 0.3 is 6.03 Å². The Hall–Kier alpha value is -1.82. The maximum absolute atomic E-state index is 12.1. The maximum atomic E-state index is 12.1. The third-order valence-electron chi connectivity index (χ3n) is 5.48. The lowest BCUT2D eigenvalue weighted by molar-refractivity contribution is 0.171. The van der Waals surface area contributed by atoms with Crippen LogP contribution in [0, 0.1) is 12.8 Å². The fourth-order valence-electron chi connectivity index (χ4n) is 4.02. The van der Waals surface area contributed by atoms with E-state index in [1.807, 2.05) is 6.92 Å². The summed E-state index contributed by atoms with van der Waals surface area (Å²) in [4.78, 5) is 29.0. The van der Waals surface area contributed by atoms with Gasteiger partial charge in [-0.2, -0.15) is 0 Å². The fraction of sp³-hybridized carbons (Fsp3) is 0.684. The van der Waals surface area contributed by atoms with E-state index in [2.05, 4.69) is 20.5 Å². The van der Waals surface area contributed by atoms with Gasteiger partial charge in [0.15, 0.2) is 0 Å². The van der Waals surface area contributed by atoms with Crippen molar-refractivity contribution in [2.24, 2.45) is 5.92 Å². The van der Waals surface area contributed by atoms with Gasteiger partial charge in [-0.1, -0.05) is 12.8 Å². The molecule has 1 aromatic heterocycles. The zero-order chi connectivity index (χ0) is 17.6. The number of piperidine rings is 1. The van der Waals surface area contributed by atoms with Gasteiger partial charge in [0.2, 0.25) is 0 Å². The Morgan fingerprint density at radius 3 is 2.68 bits per heavy atom. The molecule has 2 amide bonds. The minimum absolute atomic E-state index is 0.147.